The Kier molecular flexibility index (Phi) is 10.3. The maximum absolute atomic E-state index is 14.4. The number of aliphatic imine (C=N–C) groups is 1. The third kappa shape index (κ3) is 7.27. The number of alkyl halides is 2. The fourth-order valence-corrected chi connectivity index (χ4v) is 3.05. The Morgan fingerprint density at radius 3 is 2.61 bits per heavy atom. The minimum Gasteiger partial charge on any atom is -0.490 e. The molecule has 3 aromatic rings. The fraction of sp³-hybridized carbons (Fsp3) is 0.273. The molecule has 2 aromatic carbocycles. The first kappa shape index (κ1) is 26.3. The van der Waals surface area contributed by atoms with Crippen LogP contribution in [0, 0.1) is 5.82 Å². The van der Waals surface area contributed by atoms with E-state index in [2.05, 4.69) is 25.3 Å². The van der Waals surface area contributed by atoms with Gasteiger partial charge in [0.15, 0.2) is 17.5 Å². The largest absolute Gasteiger partial charge is 0.490 e. The van der Waals surface area contributed by atoms with Crippen LogP contribution in [-0.4, -0.2) is 35.8 Å². The van der Waals surface area contributed by atoms with E-state index < -0.39 is 6.61 Å². The molecule has 0 radical (unpaired) electrons. The second-order valence-electron chi connectivity index (χ2n) is 6.59. The van der Waals surface area contributed by atoms with Crippen LogP contribution in [0.4, 0.5) is 13.2 Å². The highest BCUT2D eigenvalue weighted by Gasteiger charge is 2.16. The summed E-state index contributed by atoms with van der Waals surface area (Å²) < 4.78 is 51.8. The van der Waals surface area contributed by atoms with Gasteiger partial charge in [0, 0.05) is 38.1 Å². The van der Waals surface area contributed by atoms with Gasteiger partial charge in [-0.1, -0.05) is 18.2 Å². The van der Waals surface area contributed by atoms with Crippen molar-refractivity contribution in [1.82, 2.24) is 20.2 Å². The van der Waals surface area contributed by atoms with Crippen molar-refractivity contribution in [3.05, 3.63) is 72.1 Å². The first-order valence-electron chi connectivity index (χ1n) is 9.92. The van der Waals surface area contributed by atoms with Crippen LogP contribution in [0.1, 0.15) is 18.1 Å². The summed E-state index contributed by atoms with van der Waals surface area (Å²) in [5.41, 5.74) is 1.58. The van der Waals surface area contributed by atoms with Gasteiger partial charge >= 0.3 is 6.61 Å². The zero-order chi connectivity index (χ0) is 22.9. The zero-order valence-corrected chi connectivity index (χ0v) is 20.4. The molecule has 0 unspecified atom stereocenters. The van der Waals surface area contributed by atoms with Crippen LogP contribution in [0.3, 0.4) is 0 Å². The third-order valence-electron chi connectivity index (χ3n) is 4.49. The molecule has 3 rings (SSSR count). The number of para-hydroxylation sites is 1. The van der Waals surface area contributed by atoms with Crippen LogP contribution in [-0.2, 0) is 13.1 Å². The van der Waals surface area contributed by atoms with E-state index in [-0.39, 0.29) is 47.8 Å². The minimum absolute atomic E-state index is 0. The highest BCUT2D eigenvalue weighted by atomic mass is 127. The molecule has 11 heteroatoms. The Hall–Kier alpha value is -2.96. The smallest absolute Gasteiger partial charge is 0.387 e. The van der Waals surface area contributed by atoms with E-state index in [0.717, 1.165) is 0 Å². The van der Waals surface area contributed by atoms with Crippen molar-refractivity contribution in [2.45, 2.75) is 26.6 Å². The molecule has 0 atom stereocenters. The monoisotopic (exact) mass is 575 g/mol. The molecule has 0 aliphatic rings. The van der Waals surface area contributed by atoms with Gasteiger partial charge in [0.05, 0.1) is 18.6 Å². The Labute approximate surface area is 207 Å². The molecule has 0 bridgehead atoms. The lowest BCUT2D eigenvalue weighted by Crippen LogP contribution is -2.36. The summed E-state index contributed by atoms with van der Waals surface area (Å²) in [7, 11) is 1.57. The van der Waals surface area contributed by atoms with Crippen LogP contribution in [0.25, 0.3) is 5.69 Å². The van der Waals surface area contributed by atoms with E-state index in [1.165, 1.54) is 12.4 Å². The number of guanidine groups is 1. The average Bonchev–Trinajstić information content (AvgIpc) is 3.30. The standard InChI is InChI=1S/C22H24F3N5O2.HI/c1-3-31-19-6-4-5-16(20(19)32-21(24)25)13-29-22(26-2)28-12-15-7-8-18(17(23)11-15)30-10-9-27-14-30;/h4-11,14,21H,3,12-13H2,1-2H3,(H2,26,28,29);1H. The van der Waals surface area contributed by atoms with E-state index in [4.69, 9.17) is 4.74 Å². The third-order valence-corrected chi connectivity index (χ3v) is 4.49. The first-order chi connectivity index (χ1) is 15.5. The van der Waals surface area contributed by atoms with Crippen molar-refractivity contribution in [2.75, 3.05) is 13.7 Å². The Balaban J connectivity index is 0.00000385. The number of benzene rings is 2. The SMILES string of the molecule is CCOc1cccc(CNC(=NC)NCc2ccc(-n3ccnc3)c(F)c2)c1OC(F)F.I. The van der Waals surface area contributed by atoms with Gasteiger partial charge in [-0.15, -0.1) is 24.0 Å². The van der Waals surface area contributed by atoms with Gasteiger partial charge in [0.2, 0.25) is 0 Å². The molecule has 1 heterocycles. The number of nitrogens with zero attached hydrogens (tertiary/aromatic N) is 3. The van der Waals surface area contributed by atoms with Crippen molar-refractivity contribution >= 4 is 29.9 Å². The van der Waals surface area contributed by atoms with Gasteiger partial charge in [0.25, 0.3) is 0 Å². The Morgan fingerprint density at radius 1 is 1.18 bits per heavy atom. The molecule has 0 fully saturated rings. The van der Waals surface area contributed by atoms with E-state index in [1.807, 2.05) is 0 Å². The summed E-state index contributed by atoms with van der Waals surface area (Å²) >= 11 is 0. The van der Waals surface area contributed by atoms with Gasteiger partial charge in [-0.3, -0.25) is 4.99 Å². The van der Waals surface area contributed by atoms with Gasteiger partial charge in [0.1, 0.15) is 5.82 Å². The molecule has 0 spiro atoms. The van der Waals surface area contributed by atoms with Crippen LogP contribution < -0.4 is 20.1 Å². The molecular formula is C22H25F3IN5O2. The highest BCUT2D eigenvalue weighted by molar-refractivity contribution is 14.0. The number of rotatable bonds is 9. The van der Waals surface area contributed by atoms with E-state index in [0.29, 0.717) is 35.9 Å². The average molecular weight is 575 g/mol. The van der Waals surface area contributed by atoms with Gasteiger partial charge in [-0.05, 0) is 30.7 Å². The first-order valence-corrected chi connectivity index (χ1v) is 9.92. The van der Waals surface area contributed by atoms with E-state index in [1.54, 1.807) is 61.3 Å². The van der Waals surface area contributed by atoms with Crippen molar-refractivity contribution in [1.29, 1.82) is 0 Å². The normalized spacial score (nSPS) is 11.2. The van der Waals surface area contributed by atoms with E-state index >= 15 is 0 Å². The summed E-state index contributed by atoms with van der Waals surface area (Å²) in [5.74, 6) is 0.244. The van der Waals surface area contributed by atoms with Crippen molar-refractivity contribution in [3.63, 3.8) is 0 Å². The minimum atomic E-state index is -2.98. The molecule has 0 saturated heterocycles. The molecule has 1 aromatic heterocycles. The Morgan fingerprint density at radius 2 is 1.97 bits per heavy atom. The lowest BCUT2D eigenvalue weighted by molar-refractivity contribution is -0.0520. The summed E-state index contributed by atoms with van der Waals surface area (Å²) in [6.07, 6.45) is 4.76. The zero-order valence-electron chi connectivity index (χ0n) is 18.1. The van der Waals surface area contributed by atoms with Crippen LogP contribution >= 0.6 is 24.0 Å². The number of imidazole rings is 1. The maximum Gasteiger partial charge on any atom is 0.387 e. The second kappa shape index (κ2) is 12.9. The number of hydrogen-bond donors (Lipinski definition) is 2. The van der Waals surface area contributed by atoms with Crippen molar-refractivity contribution < 1.29 is 22.6 Å². The molecule has 2 N–H and O–H groups in total. The van der Waals surface area contributed by atoms with Gasteiger partial charge < -0.3 is 24.7 Å². The number of hydrogen-bond acceptors (Lipinski definition) is 4. The van der Waals surface area contributed by atoms with Crippen LogP contribution in [0.15, 0.2) is 60.1 Å². The fourth-order valence-electron chi connectivity index (χ4n) is 3.05. The Bertz CT molecular complexity index is 1050. The van der Waals surface area contributed by atoms with Crippen LogP contribution in [0.2, 0.25) is 0 Å². The molecule has 0 saturated carbocycles. The van der Waals surface area contributed by atoms with Gasteiger partial charge in [-0.2, -0.15) is 8.78 Å². The molecule has 33 heavy (non-hydrogen) atoms. The lowest BCUT2D eigenvalue weighted by Gasteiger charge is -2.17. The number of nitrogens with one attached hydrogen (secondary N) is 2. The maximum atomic E-state index is 14.4. The van der Waals surface area contributed by atoms with E-state index in [9.17, 15) is 13.2 Å². The predicted octanol–water partition coefficient (Wildman–Crippen LogP) is 4.49. The summed E-state index contributed by atoms with van der Waals surface area (Å²) in [4.78, 5) is 8.03. The topological polar surface area (TPSA) is 72.7 Å². The van der Waals surface area contributed by atoms with Crippen LogP contribution in [0.5, 0.6) is 11.5 Å². The molecule has 0 aliphatic carbocycles. The second-order valence-corrected chi connectivity index (χ2v) is 6.59. The predicted molar refractivity (Wildman–Crippen MR) is 130 cm³/mol. The molecular weight excluding hydrogens is 550 g/mol. The quantitative estimate of drug-likeness (QED) is 0.224. The molecule has 0 amide bonds. The number of ether oxygens (including phenoxy) is 2. The summed E-state index contributed by atoms with van der Waals surface area (Å²) in [6.45, 7) is -0.437. The van der Waals surface area contributed by atoms with Gasteiger partial charge in [-0.25, -0.2) is 9.37 Å². The number of halogens is 4. The molecule has 178 valence electrons. The summed E-state index contributed by atoms with van der Waals surface area (Å²) in [6, 6.07) is 9.80. The highest BCUT2D eigenvalue weighted by Crippen LogP contribution is 2.32. The molecule has 7 nitrogen and oxygen atoms in total. The lowest BCUT2D eigenvalue weighted by atomic mass is 10.2. The van der Waals surface area contributed by atoms with Crippen molar-refractivity contribution in [3.8, 4) is 17.2 Å². The number of aromatic nitrogens is 2. The molecule has 0 aliphatic heterocycles. The summed E-state index contributed by atoms with van der Waals surface area (Å²) in [5, 5.41) is 6.11. The van der Waals surface area contributed by atoms with Crippen molar-refractivity contribution in [2.24, 2.45) is 4.99 Å².